The van der Waals surface area contributed by atoms with E-state index in [2.05, 4.69) is 25.3 Å². The molecule has 0 saturated heterocycles. The molecule has 0 saturated carbocycles. The lowest BCUT2D eigenvalue weighted by Crippen LogP contribution is -2.35. The van der Waals surface area contributed by atoms with Crippen molar-refractivity contribution < 1.29 is 19.3 Å². The average Bonchev–Trinajstić information content (AvgIpc) is 2.59. The highest BCUT2D eigenvalue weighted by Crippen LogP contribution is 2.28. The fraction of sp³-hybridized carbons (Fsp3) is 0.600. The van der Waals surface area contributed by atoms with Crippen molar-refractivity contribution in [2.75, 3.05) is 40.5 Å². The molecule has 25 heavy (non-hydrogen) atoms. The van der Waals surface area contributed by atoms with Crippen molar-refractivity contribution in [3.63, 3.8) is 0 Å². The number of ether oxygens (including phenoxy) is 3. The molecular formula is C20H33NO4. The van der Waals surface area contributed by atoms with Crippen LogP contribution in [0, 0.1) is 5.92 Å². The molecule has 5 nitrogen and oxygen atoms in total. The molecular weight excluding hydrogens is 318 g/mol. The molecule has 0 aliphatic carbocycles. The standard InChI is InChI=1S/C20H33NO4/c1-6-11-25-15-18(22)14-21(10-9-16(2)3)13-17-7-8-19(23-4)20(12-17)24-5/h6-8,12,16,18,22H,1,9-11,13-15H2,2-5H3/t18-/m0/s1. The number of hydrogen-bond acceptors (Lipinski definition) is 5. The van der Waals surface area contributed by atoms with Crippen LogP contribution < -0.4 is 9.47 Å². The zero-order valence-corrected chi connectivity index (χ0v) is 16.0. The lowest BCUT2D eigenvalue weighted by molar-refractivity contribution is 0.0237. The first-order valence-electron chi connectivity index (χ1n) is 8.80. The Hall–Kier alpha value is -1.56. The Kier molecular flexibility index (Phi) is 10.2. The summed E-state index contributed by atoms with van der Waals surface area (Å²) in [5, 5.41) is 10.2. The second kappa shape index (κ2) is 11.9. The molecule has 1 aromatic rings. The summed E-state index contributed by atoms with van der Waals surface area (Å²) in [4.78, 5) is 2.25. The molecule has 5 heteroatoms. The normalized spacial score (nSPS) is 12.4. The van der Waals surface area contributed by atoms with Gasteiger partial charge in [0, 0.05) is 13.1 Å². The summed E-state index contributed by atoms with van der Waals surface area (Å²) in [5.41, 5.74) is 1.13. The van der Waals surface area contributed by atoms with Crippen molar-refractivity contribution in [1.82, 2.24) is 4.90 Å². The fourth-order valence-electron chi connectivity index (χ4n) is 2.55. The van der Waals surface area contributed by atoms with Gasteiger partial charge in [-0.25, -0.2) is 0 Å². The van der Waals surface area contributed by atoms with E-state index in [9.17, 15) is 5.11 Å². The predicted molar refractivity (Wildman–Crippen MR) is 101 cm³/mol. The second-order valence-electron chi connectivity index (χ2n) is 6.59. The van der Waals surface area contributed by atoms with Gasteiger partial charge in [-0.1, -0.05) is 26.0 Å². The zero-order valence-electron chi connectivity index (χ0n) is 16.0. The maximum absolute atomic E-state index is 10.2. The van der Waals surface area contributed by atoms with E-state index in [4.69, 9.17) is 14.2 Å². The molecule has 0 aliphatic heterocycles. The number of benzene rings is 1. The van der Waals surface area contributed by atoms with Gasteiger partial charge in [-0.3, -0.25) is 4.90 Å². The third kappa shape index (κ3) is 8.38. The van der Waals surface area contributed by atoms with Crippen LogP contribution in [0.1, 0.15) is 25.8 Å². The number of aliphatic hydroxyl groups is 1. The van der Waals surface area contributed by atoms with E-state index in [-0.39, 0.29) is 0 Å². The van der Waals surface area contributed by atoms with Crippen molar-refractivity contribution in [2.24, 2.45) is 5.92 Å². The largest absolute Gasteiger partial charge is 0.493 e. The minimum absolute atomic E-state index is 0.316. The minimum Gasteiger partial charge on any atom is -0.493 e. The number of nitrogens with zero attached hydrogens (tertiary/aromatic N) is 1. The quantitative estimate of drug-likeness (QED) is 0.437. The van der Waals surface area contributed by atoms with E-state index in [1.54, 1.807) is 20.3 Å². The van der Waals surface area contributed by atoms with Gasteiger partial charge in [-0.15, -0.1) is 6.58 Å². The Morgan fingerprint density at radius 1 is 1.20 bits per heavy atom. The summed E-state index contributed by atoms with van der Waals surface area (Å²) in [7, 11) is 3.27. The average molecular weight is 351 g/mol. The Balaban J connectivity index is 2.73. The van der Waals surface area contributed by atoms with Crippen molar-refractivity contribution in [3.05, 3.63) is 36.4 Å². The van der Waals surface area contributed by atoms with Crippen LogP contribution in [0.5, 0.6) is 11.5 Å². The molecule has 0 fully saturated rings. The molecule has 0 aromatic heterocycles. The van der Waals surface area contributed by atoms with Gasteiger partial charge in [-0.2, -0.15) is 0 Å². The van der Waals surface area contributed by atoms with Gasteiger partial charge in [-0.05, 0) is 36.6 Å². The molecule has 1 rings (SSSR count). The third-order valence-electron chi connectivity index (χ3n) is 3.89. The van der Waals surface area contributed by atoms with Crippen molar-refractivity contribution in [3.8, 4) is 11.5 Å². The molecule has 1 atom stereocenters. The van der Waals surface area contributed by atoms with E-state index < -0.39 is 6.10 Å². The first-order chi connectivity index (χ1) is 12.0. The van der Waals surface area contributed by atoms with Crippen LogP contribution in [-0.4, -0.2) is 56.6 Å². The molecule has 0 aliphatic rings. The molecule has 0 amide bonds. The number of hydrogen-bond donors (Lipinski definition) is 1. The first-order valence-corrected chi connectivity index (χ1v) is 8.80. The zero-order chi connectivity index (χ0) is 18.7. The van der Waals surface area contributed by atoms with E-state index in [0.29, 0.717) is 25.7 Å². The highest BCUT2D eigenvalue weighted by atomic mass is 16.5. The monoisotopic (exact) mass is 351 g/mol. The maximum atomic E-state index is 10.2. The van der Waals surface area contributed by atoms with Crippen molar-refractivity contribution in [2.45, 2.75) is 32.9 Å². The van der Waals surface area contributed by atoms with Crippen LogP contribution in [0.4, 0.5) is 0 Å². The molecule has 0 radical (unpaired) electrons. The van der Waals surface area contributed by atoms with Crippen molar-refractivity contribution >= 4 is 0 Å². The fourth-order valence-corrected chi connectivity index (χ4v) is 2.55. The van der Waals surface area contributed by atoms with Crippen LogP contribution in [0.15, 0.2) is 30.9 Å². The van der Waals surface area contributed by atoms with Gasteiger partial charge in [0.25, 0.3) is 0 Å². The SMILES string of the molecule is C=CCOC[C@@H](O)CN(CCC(C)C)Cc1ccc(OC)c(OC)c1. The lowest BCUT2D eigenvalue weighted by atomic mass is 10.1. The summed E-state index contributed by atoms with van der Waals surface area (Å²) < 4.78 is 16.0. The third-order valence-corrected chi connectivity index (χ3v) is 3.89. The van der Waals surface area contributed by atoms with E-state index >= 15 is 0 Å². The Morgan fingerprint density at radius 2 is 1.92 bits per heavy atom. The summed E-state index contributed by atoms with van der Waals surface area (Å²) in [6.07, 6.45) is 2.24. The van der Waals surface area contributed by atoms with Gasteiger partial charge in [0.2, 0.25) is 0 Å². The van der Waals surface area contributed by atoms with Crippen molar-refractivity contribution in [1.29, 1.82) is 0 Å². The van der Waals surface area contributed by atoms with Crippen LogP contribution in [0.3, 0.4) is 0 Å². The Bertz CT molecular complexity index is 504. The predicted octanol–water partition coefficient (Wildman–Crippen LogP) is 3.12. The maximum Gasteiger partial charge on any atom is 0.161 e. The summed E-state index contributed by atoms with van der Waals surface area (Å²) in [6.45, 7) is 11.0. The summed E-state index contributed by atoms with van der Waals surface area (Å²) in [5.74, 6) is 2.05. The number of aliphatic hydroxyl groups excluding tert-OH is 1. The van der Waals surface area contributed by atoms with Gasteiger partial charge in [0.15, 0.2) is 11.5 Å². The van der Waals surface area contributed by atoms with E-state index in [0.717, 1.165) is 36.6 Å². The molecule has 142 valence electrons. The lowest BCUT2D eigenvalue weighted by Gasteiger charge is -2.26. The molecule has 0 bridgehead atoms. The van der Waals surface area contributed by atoms with E-state index in [1.165, 1.54) is 0 Å². The van der Waals surface area contributed by atoms with Crippen LogP contribution >= 0.6 is 0 Å². The van der Waals surface area contributed by atoms with Crippen LogP contribution in [-0.2, 0) is 11.3 Å². The highest BCUT2D eigenvalue weighted by Gasteiger charge is 2.14. The molecule has 0 unspecified atom stereocenters. The molecule has 0 spiro atoms. The second-order valence-corrected chi connectivity index (χ2v) is 6.59. The summed E-state index contributed by atoms with van der Waals surface area (Å²) in [6, 6.07) is 5.94. The smallest absolute Gasteiger partial charge is 0.161 e. The van der Waals surface area contributed by atoms with Gasteiger partial charge in [0.05, 0.1) is 33.5 Å². The van der Waals surface area contributed by atoms with Gasteiger partial charge < -0.3 is 19.3 Å². The Labute approximate surface area is 152 Å². The van der Waals surface area contributed by atoms with E-state index in [1.807, 2.05) is 18.2 Å². The van der Waals surface area contributed by atoms with Gasteiger partial charge in [0.1, 0.15) is 0 Å². The summed E-state index contributed by atoms with van der Waals surface area (Å²) >= 11 is 0. The van der Waals surface area contributed by atoms with Crippen LogP contribution in [0.2, 0.25) is 0 Å². The molecule has 1 N–H and O–H groups in total. The molecule has 0 heterocycles. The van der Waals surface area contributed by atoms with Crippen LogP contribution in [0.25, 0.3) is 0 Å². The number of rotatable bonds is 13. The Morgan fingerprint density at radius 3 is 2.52 bits per heavy atom. The van der Waals surface area contributed by atoms with Gasteiger partial charge >= 0.3 is 0 Å². The first kappa shape index (κ1) is 21.5. The minimum atomic E-state index is -0.521. The molecule has 1 aromatic carbocycles. The topological polar surface area (TPSA) is 51.2 Å². The highest BCUT2D eigenvalue weighted by molar-refractivity contribution is 5.42. The number of methoxy groups -OCH3 is 2.